The highest BCUT2D eigenvalue weighted by atomic mass is 16.5. The fraction of sp³-hybridized carbons (Fsp3) is 0.389. The molecule has 118 valence electrons. The SMILES string of the molecule is C=CCN(CC=C)CC(=O)c1ccc2c(c1)NCC(CC)O2. The molecule has 0 aromatic heterocycles. The van der Waals surface area contributed by atoms with Crippen LogP contribution in [0.4, 0.5) is 5.69 Å². The highest BCUT2D eigenvalue weighted by molar-refractivity contribution is 5.98. The molecule has 0 fully saturated rings. The van der Waals surface area contributed by atoms with Gasteiger partial charge in [-0.3, -0.25) is 9.69 Å². The summed E-state index contributed by atoms with van der Waals surface area (Å²) in [6.45, 7) is 12.0. The molecule has 0 amide bonds. The first-order valence-corrected chi connectivity index (χ1v) is 7.69. The zero-order valence-corrected chi connectivity index (χ0v) is 13.2. The van der Waals surface area contributed by atoms with Gasteiger partial charge in [0.2, 0.25) is 0 Å². The normalized spacial score (nSPS) is 16.4. The Kier molecular flexibility index (Phi) is 5.78. The minimum absolute atomic E-state index is 0.0888. The molecule has 0 radical (unpaired) electrons. The number of nitrogens with one attached hydrogen (secondary N) is 1. The van der Waals surface area contributed by atoms with Crippen molar-refractivity contribution >= 4 is 11.5 Å². The second-order valence-corrected chi connectivity index (χ2v) is 5.43. The summed E-state index contributed by atoms with van der Waals surface area (Å²) in [4.78, 5) is 14.4. The molecule has 0 spiro atoms. The number of hydrogen-bond acceptors (Lipinski definition) is 4. The monoisotopic (exact) mass is 300 g/mol. The number of carbonyl (C=O) groups excluding carboxylic acids is 1. The van der Waals surface area contributed by atoms with E-state index in [2.05, 4.69) is 25.4 Å². The Balaban J connectivity index is 2.07. The van der Waals surface area contributed by atoms with Gasteiger partial charge in [-0.1, -0.05) is 19.1 Å². The lowest BCUT2D eigenvalue weighted by Gasteiger charge is -2.27. The molecule has 0 aliphatic carbocycles. The van der Waals surface area contributed by atoms with Crippen molar-refractivity contribution in [3.8, 4) is 5.75 Å². The van der Waals surface area contributed by atoms with Crippen LogP contribution in [0.25, 0.3) is 0 Å². The van der Waals surface area contributed by atoms with Gasteiger partial charge in [-0.25, -0.2) is 0 Å². The number of ketones is 1. The van der Waals surface area contributed by atoms with Crippen molar-refractivity contribution in [3.05, 3.63) is 49.1 Å². The number of rotatable bonds is 8. The molecule has 4 nitrogen and oxygen atoms in total. The second-order valence-electron chi connectivity index (χ2n) is 5.43. The number of nitrogens with zero attached hydrogens (tertiary/aromatic N) is 1. The molecule has 1 heterocycles. The molecule has 4 heteroatoms. The molecule has 0 bridgehead atoms. The summed E-state index contributed by atoms with van der Waals surface area (Å²) in [5.41, 5.74) is 1.59. The smallest absolute Gasteiger partial charge is 0.176 e. The zero-order valence-electron chi connectivity index (χ0n) is 13.2. The van der Waals surface area contributed by atoms with E-state index >= 15 is 0 Å². The van der Waals surface area contributed by atoms with E-state index in [4.69, 9.17) is 4.74 Å². The van der Waals surface area contributed by atoms with Crippen molar-refractivity contribution in [2.45, 2.75) is 19.4 Å². The molecular weight excluding hydrogens is 276 g/mol. The first-order chi connectivity index (χ1) is 10.7. The number of ether oxygens (including phenoxy) is 1. The first kappa shape index (κ1) is 16.3. The summed E-state index contributed by atoms with van der Waals surface area (Å²) < 4.78 is 5.86. The predicted octanol–water partition coefficient (Wildman–Crippen LogP) is 3.13. The van der Waals surface area contributed by atoms with Gasteiger partial charge in [0.05, 0.1) is 18.8 Å². The van der Waals surface area contributed by atoms with Crippen LogP contribution in [0.15, 0.2) is 43.5 Å². The molecule has 0 saturated heterocycles. The maximum Gasteiger partial charge on any atom is 0.176 e. The summed E-state index contributed by atoms with van der Waals surface area (Å²) >= 11 is 0. The van der Waals surface area contributed by atoms with Crippen LogP contribution in [0.5, 0.6) is 5.75 Å². The van der Waals surface area contributed by atoms with Crippen LogP contribution in [0.3, 0.4) is 0 Å². The van der Waals surface area contributed by atoms with Gasteiger partial charge in [-0.05, 0) is 24.6 Å². The van der Waals surface area contributed by atoms with Crippen LogP contribution < -0.4 is 10.1 Å². The standard InChI is InChI=1S/C18H24N2O2/c1-4-9-20(10-5-2)13-17(21)14-7-8-18-16(11-14)19-12-15(6-3)22-18/h4-5,7-8,11,15,19H,1-2,6,9-10,12-13H2,3H3. The molecule has 1 atom stereocenters. The van der Waals surface area contributed by atoms with E-state index in [9.17, 15) is 4.79 Å². The first-order valence-electron chi connectivity index (χ1n) is 7.69. The molecule has 1 aromatic carbocycles. The van der Waals surface area contributed by atoms with E-state index in [0.29, 0.717) is 25.2 Å². The average molecular weight is 300 g/mol. The van der Waals surface area contributed by atoms with E-state index in [1.54, 1.807) is 12.2 Å². The second kappa shape index (κ2) is 7.80. The molecule has 22 heavy (non-hydrogen) atoms. The number of carbonyl (C=O) groups is 1. The molecule has 1 N–H and O–H groups in total. The summed E-state index contributed by atoms with van der Waals surface area (Å²) in [5, 5.41) is 3.34. The van der Waals surface area contributed by atoms with Crippen LogP contribution in [0, 0.1) is 0 Å². The van der Waals surface area contributed by atoms with Crippen molar-refractivity contribution in [1.82, 2.24) is 4.90 Å². The number of anilines is 1. The highest BCUT2D eigenvalue weighted by Gasteiger charge is 2.19. The topological polar surface area (TPSA) is 41.6 Å². The van der Waals surface area contributed by atoms with Crippen LogP contribution in [0.1, 0.15) is 23.7 Å². The molecule has 0 saturated carbocycles. The Morgan fingerprint density at radius 2 is 2.14 bits per heavy atom. The van der Waals surface area contributed by atoms with Crippen LogP contribution in [-0.4, -0.2) is 43.0 Å². The minimum Gasteiger partial charge on any atom is -0.486 e. The Hall–Kier alpha value is -2.07. The molecule has 1 aromatic rings. The van der Waals surface area contributed by atoms with Gasteiger partial charge in [-0.15, -0.1) is 13.2 Å². The van der Waals surface area contributed by atoms with Gasteiger partial charge >= 0.3 is 0 Å². The zero-order chi connectivity index (χ0) is 15.9. The van der Waals surface area contributed by atoms with Crippen molar-refractivity contribution in [2.75, 3.05) is 31.5 Å². The average Bonchev–Trinajstić information content (AvgIpc) is 2.54. The van der Waals surface area contributed by atoms with E-state index in [-0.39, 0.29) is 11.9 Å². The lowest BCUT2D eigenvalue weighted by atomic mass is 10.1. The molecule has 1 aliphatic heterocycles. The fourth-order valence-corrected chi connectivity index (χ4v) is 2.48. The highest BCUT2D eigenvalue weighted by Crippen LogP contribution is 2.30. The summed E-state index contributed by atoms with van der Waals surface area (Å²) in [6, 6.07) is 5.59. The van der Waals surface area contributed by atoms with Crippen molar-refractivity contribution in [3.63, 3.8) is 0 Å². The van der Waals surface area contributed by atoms with Crippen molar-refractivity contribution in [2.24, 2.45) is 0 Å². The van der Waals surface area contributed by atoms with Crippen LogP contribution in [0.2, 0.25) is 0 Å². The maximum absolute atomic E-state index is 12.4. The van der Waals surface area contributed by atoms with Crippen LogP contribution in [-0.2, 0) is 0 Å². The van der Waals surface area contributed by atoms with Crippen molar-refractivity contribution in [1.29, 1.82) is 0 Å². The summed E-state index contributed by atoms with van der Waals surface area (Å²) in [7, 11) is 0. The van der Waals surface area contributed by atoms with Gasteiger partial charge in [0, 0.05) is 18.7 Å². The third-order valence-corrected chi connectivity index (χ3v) is 3.71. The third kappa shape index (κ3) is 3.98. The summed E-state index contributed by atoms with van der Waals surface area (Å²) in [5.74, 6) is 0.912. The Bertz CT molecular complexity index is 544. The lowest BCUT2D eigenvalue weighted by Crippen LogP contribution is -2.31. The fourth-order valence-electron chi connectivity index (χ4n) is 2.48. The van der Waals surface area contributed by atoms with E-state index < -0.39 is 0 Å². The quantitative estimate of drug-likeness (QED) is 0.591. The number of benzene rings is 1. The number of fused-ring (bicyclic) bond motifs is 1. The summed E-state index contributed by atoms with van der Waals surface area (Å²) in [6.07, 6.45) is 4.75. The Labute approximate surface area is 132 Å². The lowest BCUT2D eigenvalue weighted by molar-refractivity contribution is 0.0944. The largest absolute Gasteiger partial charge is 0.486 e. The molecular formula is C18H24N2O2. The molecule has 2 rings (SSSR count). The van der Waals surface area contributed by atoms with E-state index in [0.717, 1.165) is 24.4 Å². The van der Waals surface area contributed by atoms with Crippen molar-refractivity contribution < 1.29 is 9.53 Å². The minimum atomic E-state index is 0.0888. The Morgan fingerprint density at radius 3 is 2.77 bits per heavy atom. The van der Waals surface area contributed by atoms with Crippen LogP contribution >= 0.6 is 0 Å². The Morgan fingerprint density at radius 1 is 1.41 bits per heavy atom. The van der Waals surface area contributed by atoms with Gasteiger partial charge < -0.3 is 10.1 Å². The van der Waals surface area contributed by atoms with Gasteiger partial charge in [0.1, 0.15) is 11.9 Å². The maximum atomic E-state index is 12.4. The van der Waals surface area contributed by atoms with E-state index in [1.165, 1.54) is 0 Å². The molecule has 1 unspecified atom stereocenters. The number of hydrogen-bond donors (Lipinski definition) is 1. The van der Waals surface area contributed by atoms with Gasteiger partial charge in [-0.2, -0.15) is 0 Å². The van der Waals surface area contributed by atoms with E-state index in [1.807, 2.05) is 23.1 Å². The van der Waals surface area contributed by atoms with Gasteiger partial charge in [0.25, 0.3) is 0 Å². The van der Waals surface area contributed by atoms with Gasteiger partial charge in [0.15, 0.2) is 5.78 Å². The third-order valence-electron chi connectivity index (χ3n) is 3.71. The predicted molar refractivity (Wildman–Crippen MR) is 90.8 cm³/mol. The number of Topliss-reactive ketones (excluding diaryl/α,β-unsaturated/α-hetero) is 1. The molecule has 1 aliphatic rings.